The first-order valence-electron chi connectivity index (χ1n) is 6.99. The topological polar surface area (TPSA) is 89.9 Å². The minimum atomic E-state index is -0.839. The van der Waals surface area contributed by atoms with Crippen molar-refractivity contribution < 1.29 is 19.8 Å². The minimum Gasteiger partial charge on any atom is -0.481 e. The molecule has 0 bridgehead atoms. The van der Waals surface area contributed by atoms with Crippen LogP contribution in [0.2, 0.25) is 0 Å². The first-order chi connectivity index (χ1) is 9.10. The monoisotopic (exact) mass is 272 g/mol. The second-order valence-corrected chi connectivity index (χ2v) is 5.00. The Bertz CT molecular complexity index is 303. The highest BCUT2D eigenvalue weighted by atomic mass is 16.4. The standard InChI is InChI=1S/C13H24N2O4/c1-2-7-15(8-9-16)13(19)14-11-6-4-3-5-10(11)12(17)18/h10-11,16H,2-9H2,1H3,(H,14,19)(H,17,18). The first kappa shape index (κ1) is 15.8. The van der Waals surface area contributed by atoms with E-state index in [9.17, 15) is 9.59 Å². The van der Waals surface area contributed by atoms with Gasteiger partial charge >= 0.3 is 12.0 Å². The van der Waals surface area contributed by atoms with Crippen LogP contribution in [0.5, 0.6) is 0 Å². The second kappa shape index (κ2) is 7.99. The van der Waals surface area contributed by atoms with Crippen LogP contribution >= 0.6 is 0 Å². The molecule has 0 saturated heterocycles. The van der Waals surface area contributed by atoms with Crippen molar-refractivity contribution in [2.45, 2.75) is 45.1 Å². The number of carboxylic acid groups (broad SMARTS) is 1. The van der Waals surface area contributed by atoms with Crippen molar-refractivity contribution >= 4 is 12.0 Å². The van der Waals surface area contributed by atoms with Gasteiger partial charge in [-0.2, -0.15) is 0 Å². The molecule has 6 heteroatoms. The van der Waals surface area contributed by atoms with Crippen molar-refractivity contribution in [3.05, 3.63) is 0 Å². The van der Waals surface area contributed by atoms with Crippen molar-refractivity contribution in [1.82, 2.24) is 10.2 Å². The van der Waals surface area contributed by atoms with E-state index in [1.807, 2.05) is 6.92 Å². The van der Waals surface area contributed by atoms with E-state index >= 15 is 0 Å². The van der Waals surface area contributed by atoms with Gasteiger partial charge in [-0.15, -0.1) is 0 Å². The fourth-order valence-electron chi connectivity index (χ4n) is 2.55. The van der Waals surface area contributed by atoms with Gasteiger partial charge < -0.3 is 20.4 Å². The van der Waals surface area contributed by atoms with Gasteiger partial charge in [0.05, 0.1) is 12.5 Å². The third-order valence-corrected chi connectivity index (χ3v) is 3.54. The minimum absolute atomic E-state index is 0.0829. The molecule has 1 rings (SSSR count). The number of urea groups is 1. The molecule has 0 aromatic heterocycles. The molecule has 2 unspecified atom stereocenters. The Morgan fingerprint density at radius 2 is 1.95 bits per heavy atom. The molecule has 0 heterocycles. The molecule has 6 nitrogen and oxygen atoms in total. The molecule has 0 aromatic carbocycles. The van der Waals surface area contributed by atoms with Crippen molar-refractivity contribution in [2.24, 2.45) is 5.92 Å². The Morgan fingerprint density at radius 3 is 2.53 bits per heavy atom. The lowest BCUT2D eigenvalue weighted by Crippen LogP contribution is -2.51. The van der Waals surface area contributed by atoms with Crippen LogP contribution in [0.25, 0.3) is 0 Å². The number of hydrogen-bond acceptors (Lipinski definition) is 3. The molecule has 0 spiro atoms. The molecule has 19 heavy (non-hydrogen) atoms. The highest BCUT2D eigenvalue weighted by Gasteiger charge is 2.32. The highest BCUT2D eigenvalue weighted by molar-refractivity contribution is 5.77. The van der Waals surface area contributed by atoms with Gasteiger partial charge in [0.1, 0.15) is 0 Å². The average Bonchev–Trinajstić information content (AvgIpc) is 2.38. The number of carbonyl (C=O) groups excluding carboxylic acids is 1. The molecule has 0 radical (unpaired) electrons. The molecule has 2 atom stereocenters. The summed E-state index contributed by atoms with van der Waals surface area (Å²) in [5.41, 5.74) is 0. The molecule has 1 aliphatic rings. The van der Waals surface area contributed by atoms with E-state index in [0.717, 1.165) is 19.3 Å². The molecule has 1 fully saturated rings. The number of aliphatic hydroxyl groups is 1. The van der Waals surface area contributed by atoms with Crippen LogP contribution in [0.1, 0.15) is 39.0 Å². The van der Waals surface area contributed by atoms with Crippen LogP contribution < -0.4 is 5.32 Å². The molecule has 1 aliphatic carbocycles. The van der Waals surface area contributed by atoms with Crippen molar-refractivity contribution in [3.8, 4) is 0 Å². The molecular weight excluding hydrogens is 248 g/mol. The van der Waals surface area contributed by atoms with E-state index in [-0.39, 0.29) is 25.2 Å². The lowest BCUT2D eigenvalue weighted by atomic mass is 9.84. The molecule has 2 amide bonds. The maximum absolute atomic E-state index is 12.1. The lowest BCUT2D eigenvalue weighted by molar-refractivity contribution is -0.143. The predicted molar refractivity (Wildman–Crippen MR) is 70.9 cm³/mol. The zero-order chi connectivity index (χ0) is 14.3. The Balaban J connectivity index is 2.59. The largest absolute Gasteiger partial charge is 0.481 e. The van der Waals surface area contributed by atoms with E-state index in [1.165, 1.54) is 4.90 Å². The number of nitrogens with zero attached hydrogens (tertiary/aromatic N) is 1. The summed E-state index contributed by atoms with van der Waals surface area (Å²) in [6, 6.07) is -0.564. The Kier molecular flexibility index (Phi) is 6.62. The third kappa shape index (κ3) is 4.70. The maximum Gasteiger partial charge on any atom is 0.317 e. The summed E-state index contributed by atoms with van der Waals surface area (Å²) in [6.45, 7) is 2.72. The van der Waals surface area contributed by atoms with Crippen LogP contribution in [0.4, 0.5) is 4.79 Å². The molecule has 3 N–H and O–H groups in total. The second-order valence-electron chi connectivity index (χ2n) is 5.00. The van der Waals surface area contributed by atoms with E-state index in [2.05, 4.69) is 5.32 Å². The van der Waals surface area contributed by atoms with E-state index < -0.39 is 11.9 Å². The van der Waals surface area contributed by atoms with Crippen LogP contribution in [-0.4, -0.2) is 52.9 Å². The van der Waals surface area contributed by atoms with Gasteiger partial charge in [-0.3, -0.25) is 4.79 Å². The first-order valence-corrected chi connectivity index (χ1v) is 6.99. The summed E-state index contributed by atoms with van der Waals surface area (Å²) in [4.78, 5) is 24.8. The van der Waals surface area contributed by atoms with E-state index in [4.69, 9.17) is 10.2 Å². The van der Waals surface area contributed by atoms with Gasteiger partial charge in [-0.05, 0) is 19.3 Å². The number of carbonyl (C=O) groups is 2. The van der Waals surface area contributed by atoms with E-state index in [0.29, 0.717) is 19.4 Å². The Morgan fingerprint density at radius 1 is 1.26 bits per heavy atom. The number of amides is 2. The Labute approximate surface area is 113 Å². The zero-order valence-electron chi connectivity index (χ0n) is 11.5. The summed E-state index contributed by atoms with van der Waals surface area (Å²) in [6.07, 6.45) is 3.98. The van der Waals surface area contributed by atoms with Crippen LogP contribution in [0, 0.1) is 5.92 Å². The highest BCUT2D eigenvalue weighted by Crippen LogP contribution is 2.24. The number of nitrogens with one attached hydrogen (secondary N) is 1. The summed E-state index contributed by atoms with van der Waals surface area (Å²) in [5.74, 6) is -1.33. The van der Waals surface area contributed by atoms with Gasteiger partial charge in [0.2, 0.25) is 0 Å². The quantitative estimate of drug-likeness (QED) is 0.674. The third-order valence-electron chi connectivity index (χ3n) is 3.54. The zero-order valence-corrected chi connectivity index (χ0v) is 11.5. The smallest absolute Gasteiger partial charge is 0.317 e. The van der Waals surface area contributed by atoms with Crippen LogP contribution in [0.15, 0.2) is 0 Å². The molecule has 0 aromatic rings. The normalized spacial score (nSPS) is 22.8. The molecule has 1 saturated carbocycles. The van der Waals surface area contributed by atoms with Crippen LogP contribution in [-0.2, 0) is 4.79 Å². The SMILES string of the molecule is CCCN(CCO)C(=O)NC1CCCCC1C(=O)O. The number of aliphatic carboxylic acids is 1. The molecule has 110 valence electrons. The van der Waals surface area contributed by atoms with Gasteiger partial charge in [0, 0.05) is 19.1 Å². The lowest BCUT2D eigenvalue weighted by Gasteiger charge is -2.31. The van der Waals surface area contributed by atoms with Crippen molar-refractivity contribution in [2.75, 3.05) is 19.7 Å². The summed E-state index contributed by atoms with van der Waals surface area (Å²) >= 11 is 0. The van der Waals surface area contributed by atoms with Gasteiger partial charge in [0.15, 0.2) is 0 Å². The van der Waals surface area contributed by atoms with Gasteiger partial charge in [-0.1, -0.05) is 19.8 Å². The molecular formula is C13H24N2O4. The summed E-state index contributed by atoms with van der Waals surface area (Å²) in [5, 5.41) is 20.9. The average molecular weight is 272 g/mol. The fourth-order valence-corrected chi connectivity index (χ4v) is 2.55. The number of aliphatic hydroxyl groups excluding tert-OH is 1. The van der Waals surface area contributed by atoms with Gasteiger partial charge in [-0.25, -0.2) is 4.79 Å². The number of hydrogen-bond donors (Lipinski definition) is 3. The molecule has 0 aliphatic heterocycles. The van der Waals surface area contributed by atoms with Gasteiger partial charge in [0.25, 0.3) is 0 Å². The number of carboxylic acids is 1. The fraction of sp³-hybridized carbons (Fsp3) is 0.846. The van der Waals surface area contributed by atoms with Crippen LogP contribution in [0.3, 0.4) is 0 Å². The summed E-state index contributed by atoms with van der Waals surface area (Å²) < 4.78 is 0. The Hall–Kier alpha value is -1.30. The maximum atomic E-state index is 12.1. The van der Waals surface area contributed by atoms with Crippen molar-refractivity contribution in [1.29, 1.82) is 0 Å². The van der Waals surface area contributed by atoms with Crippen molar-refractivity contribution in [3.63, 3.8) is 0 Å². The number of rotatable bonds is 6. The van der Waals surface area contributed by atoms with E-state index in [1.54, 1.807) is 0 Å². The predicted octanol–water partition coefficient (Wildman–Crippen LogP) is 1.04. The summed E-state index contributed by atoms with van der Waals surface area (Å²) in [7, 11) is 0.